The van der Waals surface area contributed by atoms with Gasteiger partial charge in [0, 0.05) is 35.5 Å². The van der Waals surface area contributed by atoms with Crippen LogP contribution in [0.5, 0.6) is 11.5 Å². The van der Waals surface area contributed by atoms with E-state index in [0.29, 0.717) is 61.9 Å². The standard InChI is InChI=1S/C24H22N2O4S/c27-22(18-6-7-20-21(14-18)30-13-12-29-20)16-8-10-26(11-9-16)24(28)19-15-31-23(25-19)17-4-2-1-3-5-17/h1-7,14-16H,8-13H2. The molecule has 0 aliphatic carbocycles. The smallest absolute Gasteiger partial charge is 0.273 e. The van der Waals surface area contributed by atoms with Crippen LogP contribution in [-0.4, -0.2) is 47.9 Å². The van der Waals surface area contributed by atoms with E-state index >= 15 is 0 Å². The minimum Gasteiger partial charge on any atom is -0.486 e. The number of amides is 1. The minimum atomic E-state index is -0.0954. The van der Waals surface area contributed by atoms with E-state index < -0.39 is 0 Å². The predicted octanol–water partition coefficient (Wildman–Crippen LogP) is 4.32. The molecule has 0 saturated carbocycles. The van der Waals surface area contributed by atoms with Crippen molar-refractivity contribution in [3.8, 4) is 22.1 Å². The average molecular weight is 435 g/mol. The van der Waals surface area contributed by atoms with Gasteiger partial charge in [0.2, 0.25) is 0 Å². The Morgan fingerprint density at radius 2 is 1.71 bits per heavy atom. The Hall–Kier alpha value is -3.19. The molecule has 2 aliphatic rings. The zero-order valence-electron chi connectivity index (χ0n) is 17.0. The van der Waals surface area contributed by atoms with Crippen LogP contribution in [-0.2, 0) is 0 Å². The number of fused-ring (bicyclic) bond motifs is 1. The summed E-state index contributed by atoms with van der Waals surface area (Å²) in [5.41, 5.74) is 2.12. The maximum Gasteiger partial charge on any atom is 0.273 e. The third-order valence-corrected chi connectivity index (χ3v) is 6.62. The van der Waals surface area contributed by atoms with Crippen LogP contribution in [0.4, 0.5) is 0 Å². The fourth-order valence-corrected chi connectivity index (χ4v) is 4.82. The number of nitrogens with zero attached hydrogens (tertiary/aromatic N) is 2. The number of ether oxygens (including phenoxy) is 2. The highest BCUT2D eigenvalue weighted by molar-refractivity contribution is 7.13. The number of likely N-dealkylation sites (tertiary alicyclic amines) is 1. The third-order valence-electron chi connectivity index (χ3n) is 5.72. The SMILES string of the molecule is O=C(c1ccc2c(c1)OCCO2)C1CCN(C(=O)c2csc(-c3ccccc3)n2)CC1. The lowest BCUT2D eigenvalue weighted by Crippen LogP contribution is -2.40. The van der Waals surface area contributed by atoms with Gasteiger partial charge in [0.05, 0.1) is 0 Å². The van der Waals surface area contributed by atoms with Crippen molar-refractivity contribution in [1.82, 2.24) is 9.88 Å². The van der Waals surface area contributed by atoms with Gasteiger partial charge in [-0.05, 0) is 31.0 Å². The molecule has 3 aromatic rings. The van der Waals surface area contributed by atoms with E-state index in [0.717, 1.165) is 10.6 Å². The average Bonchev–Trinajstić information content (AvgIpc) is 3.34. The van der Waals surface area contributed by atoms with Crippen molar-refractivity contribution < 1.29 is 19.1 Å². The lowest BCUT2D eigenvalue weighted by Gasteiger charge is -2.31. The summed E-state index contributed by atoms with van der Waals surface area (Å²) in [5.74, 6) is 1.25. The number of carbonyl (C=O) groups is 2. The first kappa shape index (κ1) is 19.8. The van der Waals surface area contributed by atoms with Crippen LogP contribution in [0.3, 0.4) is 0 Å². The molecule has 0 spiro atoms. The maximum atomic E-state index is 13.0. The topological polar surface area (TPSA) is 68.7 Å². The third kappa shape index (κ3) is 4.05. The summed E-state index contributed by atoms with van der Waals surface area (Å²) < 4.78 is 11.1. The molecule has 0 radical (unpaired) electrons. The minimum absolute atomic E-state index is 0.0661. The Labute approximate surface area is 184 Å². The van der Waals surface area contributed by atoms with Gasteiger partial charge in [-0.3, -0.25) is 9.59 Å². The van der Waals surface area contributed by atoms with Gasteiger partial charge >= 0.3 is 0 Å². The van der Waals surface area contributed by atoms with Gasteiger partial charge < -0.3 is 14.4 Å². The molecule has 2 aliphatic heterocycles. The zero-order chi connectivity index (χ0) is 21.2. The Kier molecular flexibility index (Phi) is 5.42. The van der Waals surface area contributed by atoms with Crippen LogP contribution in [0.1, 0.15) is 33.7 Å². The fourth-order valence-electron chi connectivity index (χ4n) is 4.02. The molecule has 0 atom stereocenters. The summed E-state index contributed by atoms with van der Waals surface area (Å²) in [6.45, 7) is 2.13. The van der Waals surface area contributed by atoms with Crippen molar-refractivity contribution in [3.63, 3.8) is 0 Å². The van der Waals surface area contributed by atoms with E-state index in [1.54, 1.807) is 23.1 Å². The number of hydrogen-bond donors (Lipinski definition) is 0. The molecule has 158 valence electrons. The summed E-state index contributed by atoms with van der Waals surface area (Å²) in [6, 6.07) is 15.2. The summed E-state index contributed by atoms with van der Waals surface area (Å²) in [4.78, 5) is 32.2. The van der Waals surface area contributed by atoms with Crippen molar-refractivity contribution in [3.05, 3.63) is 65.2 Å². The van der Waals surface area contributed by atoms with Crippen LogP contribution in [0.2, 0.25) is 0 Å². The van der Waals surface area contributed by atoms with Gasteiger partial charge in [0.25, 0.3) is 5.91 Å². The monoisotopic (exact) mass is 434 g/mol. The molecular formula is C24H22N2O4S. The number of rotatable bonds is 4. The summed E-state index contributed by atoms with van der Waals surface area (Å²) in [6.07, 6.45) is 1.30. The number of benzene rings is 2. The first-order valence-corrected chi connectivity index (χ1v) is 11.3. The Morgan fingerprint density at radius 1 is 0.968 bits per heavy atom. The molecule has 2 aromatic carbocycles. The maximum absolute atomic E-state index is 13.0. The molecule has 1 aromatic heterocycles. The van der Waals surface area contributed by atoms with Crippen molar-refractivity contribution in [2.45, 2.75) is 12.8 Å². The van der Waals surface area contributed by atoms with Crippen molar-refractivity contribution in [2.75, 3.05) is 26.3 Å². The molecular weight excluding hydrogens is 412 g/mol. The molecule has 1 saturated heterocycles. The van der Waals surface area contributed by atoms with Crippen LogP contribution in [0.15, 0.2) is 53.9 Å². The van der Waals surface area contributed by atoms with Gasteiger partial charge in [0.15, 0.2) is 17.3 Å². The number of ketones is 1. The van der Waals surface area contributed by atoms with Crippen LogP contribution >= 0.6 is 11.3 Å². The molecule has 7 heteroatoms. The summed E-state index contributed by atoms with van der Waals surface area (Å²) in [7, 11) is 0. The molecule has 3 heterocycles. The van der Waals surface area contributed by atoms with E-state index in [1.165, 1.54) is 11.3 Å². The van der Waals surface area contributed by atoms with Gasteiger partial charge in [-0.1, -0.05) is 30.3 Å². The highest BCUT2D eigenvalue weighted by Gasteiger charge is 2.30. The van der Waals surface area contributed by atoms with E-state index in [9.17, 15) is 9.59 Å². The highest BCUT2D eigenvalue weighted by Crippen LogP contribution is 2.33. The molecule has 6 nitrogen and oxygen atoms in total. The Bertz CT molecular complexity index is 1100. The normalized spacial score (nSPS) is 16.2. The predicted molar refractivity (Wildman–Crippen MR) is 118 cm³/mol. The van der Waals surface area contributed by atoms with Crippen LogP contribution in [0.25, 0.3) is 10.6 Å². The Balaban J connectivity index is 1.22. The lowest BCUT2D eigenvalue weighted by atomic mass is 9.88. The number of hydrogen-bond acceptors (Lipinski definition) is 6. The van der Waals surface area contributed by atoms with Gasteiger partial charge in [0.1, 0.15) is 23.9 Å². The van der Waals surface area contributed by atoms with E-state index in [-0.39, 0.29) is 17.6 Å². The number of aromatic nitrogens is 1. The van der Waals surface area contributed by atoms with E-state index in [2.05, 4.69) is 4.98 Å². The number of thiazole rings is 1. The van der Waals surface area contributed by atoms with Gasteiger partial charge in [-0.25, -0.2) is 4.98 Å². The molecule has 0 bridgehead atoms. The zero-order valence-corrected chi connectivity index (χ0v) is 17.8. The highest BCUT2D eigenvalue weighted by atomic mass is 32.1. The Morgan fingerprint density at radius 3 is 2.48 bits per heavy atom. The van der Waals surface area contributed by atoms with Crippen molar-refractivity contribution >= 4 is 23.0 Å². The first-order valence-electron chi connectivity index (χ1n) is 10.4. The second-order valence-electron chi connectivity index (χ2n) is 7.69. The quantitative estimate of drug-likeness (QED) is 0.572. The van der Waals surface area contributed by atoms with Gasteiger partial charge in [-0.15, -0.1) is 11.3 Å². The van der Waals surface area contributed by atoms with Crippen LogP contribution in [0, 0.1) is 5.92 Å². The van der Waals surface area contributed by atoms with Crippen molar-refractivity contribution in [2.24, 2.45) is 5.92 Å². The van der Waals surface area contributed by atoms with Crippen molar-refractivity contribution in [1.29, 1.82) is 0 Å². The molecule has 1 fully saturated rings. The molecule has 0 N–H and O–H groups in total. The summed E-state index contributed by atoms with van der Waals surface area (Å²) >= 11 is 1.47. The second-order valence-corrected chi connectivity index (χ2v) is 8.55. The van der Waals surface area contributed by atoms with E-state index in [4.69, 9.17) is 9.47 Å². The van der Waals surface area contributed by atoms with Gasteiger partial charge in [-0.2, -0.15) is 0 Å². The molecule has 31 heavy (non-hydrogen) atoms. The first-order chi connectivity index (χ1) is 15.2. The second kappa shape index (κ2) is 8.51. The largest absolute Gasteiger partial charge is 0.486 e. The molecule has 0 unspecified atom stereocenters. The number of carbonyl (C=O) groups excluding carboxylic acids is 2. The number of piperidine rings is 1. The van der Waals surface area contributed by atoms with E-state index in [1.807, 2.05) is 35.7 Å². The fraction of sp³-hybridized carbons (Fsp3) is 0.292. The summed E-state index contributed by atoms with van der Waals surface area (Å²) in [5, 5.41) is 2.66. The molecule has 1 amide bonds. The van der Waals surface area contributed by atoms with Crippen LogP contribution < -0.4 is 9.47 Å². The lowest BCUT2D eigenvalue weighted by molar-refractivity contribution is 0.0646. The molecule has 5 rings (SSSR count). The number of Topliss-reactive ketones (excluding diaryl/α,β-unsaturated/α-hetero) is 1.